The third-order valence-corrected chi connectivity index (χ3v) is 4.12. The van der Waals surface area contributed by atoms with Gasteiger partial charge in [-0.05, 0) is 56.2 Å². The largest absolute Gasteiger partial charge is 0.495 e. The highest BCUT2D eigenvalue weighted by molar-refractivity contribution is 6.71. The van der Waals surface area contributed by atoms with Crippen molar-refractivity contribution in [3.05, 3.63) is 53.6 Å². The molecule has 1 aliphatic heterocycles. The minimum atomic E-state index is -0.261. The van der Waals surface area contributed by atoms with Gasteiger partial charge in [-0.1, -0.05) is 18.2 Å². The van der Waals surface area contributed by atoms with Crippen LogP contribution in [0.1, 0.15) is 18.1 Å². The van der Waals surface area contributed by atoms with Gasteiger partial charge < -0.3 is 4.74 Å². The summed E-state index contributed by atoms with van der Waals surface area (Å²) < 4.78 is 5.27. The number of nitrogens with one attached hydrogen (secondary N) is 1. The number of para-hydroxylation sites is 2. The number of benzene rings is 2. The zero-order valence-electron chi connectivity index (χ0n) is 14.7. The molecule has 0 spiro atoms. The molecule has 0 radical (unpaired) electrons. The highest BCUT2D eigenvalue weighted by atomic mass is 16.5. The Morgan fingerprint density at radius 1 is 1.08 bits per heavy atom. The predicted octanol–water partition coefficient (Wildman–Crippen LogP) is 3.50. The smallest absolute Gasteiger partial charge is 0.301 e. The van der Waals surface area contributed by atoms with Crippen molar-refractivity contribution in [1.82, 2.24) is 0 Å². The number of rotatable bonds is 4. The zero-order valence-corrected chi connectivity index (χ0v) is 14.7. The van der Waals surface area contributed by atoms with Gasteiger partial charge in [0.05, 0.1) is 24.2 Å². The third-order valence-electron chi connectivity index (χ3n) is 4.12. The lowest BCUT2D eigenvalue weighted by molar-refractivity contribution is -0.112. The fraction of sp³-hybridized carbons (Fsp3) is 0.211. The Labute approximate surface area is 146 Å². The number of carbonyl (C=O) groups excluding carboxylic acids is 1. The lowest BCUT2D eigenvalue weighted by Crippen LogP contribution is -2.28. The van der Waals surface area contributed by atoms with Gasteiger partial charge in [0.25, 0.3) is 0 Å². The number of methoxy groups -OCH3 is 1. The Kier molecular flexibility index (Phi) is 4.52. The molecule has 1 N–H and O–H groups in total. The molecule has 25 heavy (non-hydrogen) atoms. The second-order valence-corrected chi connectivity index (χ2v) is 5.84. The highest BCUT2D eigenvalue weighted by Gasteiger charge is 2.30. The van der Waals surface area contributed by atoms with Crippen LogP contribution in [0.2, 0.25) is 0 Å². The predicted molar refractivity (Wildman–Crippen MR) is 101 cm³/mol. The number of anilines is 2. The van der Waals surface area contributed by atoms with Crippen LogP contribution < -0.4 is 15.2 Å². The van der Waals surface area contributed by atoms with E-state index in [4.69, 9.17) is 4.74 Å². The molecule has 0 fully saturated rings. The minimum Gasteiger partial charge on any atom is -0.495 e. The van der Waals surface area contributed by atoms with Gasteiger partial charge in [-0.3, -0.25) is 10.2 Å². The fourth-order valence-electron chi connectivity index (χ4n) is 2.51. The first-order valence-electron chi connectivity index (χ1n) is 7.95. The van der Waals surface area contributed by atoms with Crippen molar-refractivity contribution in [2.45, 2.75) is 20.8 Å². The maximum atomic E-state index is 12.7. The molecule has 2 aromatic rings. The Morgan fingerprint density at radius 2 is 1.84 bits per heavy atom. The minimum absolute atomic E-state index is 0.261. The molecule has 1 aliphatic rings. The molecule has 0 bridgehead atoms. The number of carbonyl (C=O) groups is 1. The van der Waals surface area contributed by atoms with E-state index in [1.165, 1.54) is 10.6 Å². The molecule has 0 saturated heterocycles. The van der Waals surface area contributed by atoms with Gasteiger partial charge in [0.15, 0.2) is 5.71 Å². The monoisotopic (exact) mass is 336 g/mol. The van der Waals surface area contributed by atoms with Crippen LogP contribution in [0.25, 0.3) is 0 Å². The standard InChI is InChI=1S/C19H20N4O2/c1-12-9-10-15(11-13(12)2)23-19(24)18(14(3)22-23)21-20-16-7-5-6-8-17(16)25-4/h5-11,20H,1-4H3/b21-18-. The summed E-state index contributed by atoms with van der Waals surface area (Å²) in [6.07, 6.45) is 0. The summed E-state index contributed by atoms with van der Waals surface area (Å²) >= 11 is 0. The van der Waals surface area contributed by atoms with Gasteiger partial charge in [0.1, 0.15) is 5.75 Å². The molecule has 0 saturated carbocycles. The number of hydrazone groups is 2. The average molecular weight is 336 g/mol. The Bertz CT molecular complexity index is 887. The van der Waals surface area contributed by atoms with Crippen LogP contribution in [-0.4, -0.2) is 24.4 Å². The lowest BCUT2D eigenvalue weighted by atomic mass is 10.1. The first-order valence-corrected chi connectivity index (χ1v) is 7.95. The highest BCUT2D eigenvalue weighted by Crippen LogP contribution is 2.25. The van der Waals surface area contributed by atoms with E-state index in [1.54, 1.807) is 14.0 Å². The zero-order chi connectivity index (χ0) is 18.0. The summed E-state index contributed by atoms with van der Waals surface area (Å²) in [5, 5.41) is 9.97. The van der Waals surface area contributed by atoms with Crippen molar-refractivity contribution in [1.29, 1.82) is 0 Å². The van der Waals surface area contributed by atoms with Crippen LogP contribution in [0, 0.1) is 13.8 Å². The van der Waals surface area contributed by atoms with E-state index in [-0.39, 0.29) is 11.6 Å². The molecule has 6 heteroatoms. The summed E-state index contributed by atoms with van der Waals surface area (Å²) in [6.45, 7) is 5.80. The molecule has 1 amide bonds. The van der Waals surface area contributed by atoms with Crippen LogP contribution in [0.15, 0.2) is 52.7 Å². The molecule has 128 valence electrons. The number of ether oxygens (including phenoxy) is 1. The van der Waals surface area contributed by atoms with Gasteiger partial charge in [-0.15, -0.1) is 0 Å². The van der Waals surface area contributed by atoms with E-state index in [1.807, 2.05) is 56.3 Å². The first kappa shape index (κ1) is 16.7. The SMILES string of the molecule is COc1ccccc1N/N=C1\C(=O)N(c2ccc(C)c(C)c2)N=C1C. The molecule has 0 aliphatic carbocycles. The molecule has 3 rings (SSSR count). The summed E-state index contributed by atoms with van der Waals surface area (Å²) in [7, 11) is 1.59. The summed E-state index contributed by atoms with van der Waals surface area (Å²) in [4.78, 5) is 12.7. The van der Waals surface area contributed by atoms with E-state index in [0.29, 0.717) is 17.1 Å². The second kappa shape index (κ2) is 6.76. The van der Waals surface area contributed by atoms with E-state index in [2.05, 4.69) is 15.6 Å². The molecule has 0 aromatic heterocycles. The van der Waals surface area contributed by atoms with E-state index in [0.717, 1.165) is 11.3 Å². The summed E-state index contributed by atoms with van der Waals surface area (Å²) in [5.41, 5.74) is 7.43. The normalized spacial score (nSPS) is 15.5. The van der Waals surface area contributed by atoms with Crippen LogP contribution in [-0.2, 0) is 4.79 Å². The number of aryl methyl sites for hydroxylation is 2. The third kappa shape index (κ3) is 3.24. The van der Waals surface area contributed by atoms with Crippen molar-refractivity contribution in [3.63, 3.8) is 0 Å². The molecular weight excluding hydrogens is 316 g/mol. The average Bonchev–Trinajstić information content (AvgIpc) is 2.90. The van der Waals surface area contributed by atoms with Gasteiger partial charge in [-0.25, -0.2) is 0 Å². The lowest BCUT2D eigenvalue weighted by Gasteiger charge is -2.13. The summed E-state index contributed by atoms with van der Waals surface area (Å²) in [5.74, 6) is 0.390. The van der Waals surface area contributed by atoms with Crippen molar-refractivity contribution in [2.24, 2.45) is 10.2 Å². The van der Waals surface area contributed by atoms with Crippen LogP contribution in [0.4, 0.5) is 11.4 Å². The van der Waals surface area contributed by atoms with Crippen molar-refractivity contribution < 1.29 is 9.53 Å². The van der Waals surface area contributed by atoms with Gasteiger partial charge in [0.2, 0.25) is 0 Å². The number of nitrogens with zero attached hydrogens (tertiary/aromatic N) is 3. The molecule has 0 unspecified atom stereocenters. The van der Waals surface area contributed by atoms with Crippen molar-refractivity contribution >= 4 is 28.7 Å². The van der Waals surface area contributed by atoms with Crippen molar-refractivity contribution in [3.8, 4) is 5.75 Å². The maximum Gasteiger partial charge on any atom is 0.301 e. The van der Waals surface area contributed by atoms with E-state index < -0.39 is 0 Å². The topological polar surface area (TPSA) is 66.3 Å². The van der Waals surface area contributed by atoms with Crippen molar-refractivity contribution in [2.75, 3.05) is 17.5 Å². The maximum absolute atomic E-state index is 12.7. The van der Waals surface area contributed by atoms with Crippen LogP contribution >= 0.6 is 0 Å². The van der Waals surface area contributed by atoms with E-state index >= 15 is 0 Å². The quantitative estimate of drug-likeness (QED) is 0.869. The molecule has 2 aromatic carbocycles. The van der Waals surface area contributed by atoms with E-state index in [9.17, 15) is 4.79 Å². The van der Waals surface area contributed by atoms with Crippen LogP contribution in [0.3, 0.4) is 0 Å². The Hall–Kier alpha value is -3.15. The number of hydrogen-bond acceptors (Lipinski definition) is 5. The molecular formula is C19H20N4O2. The first-order chi connectivity index (χ1) is 12.0. The number of amides is 1. The van der Waals surface area contributed by atoms with Gasteiger partial charge in [0, 0.05) is 0 Å². The Morgan fingerprint density at radius 3 is 2.56 bits per heavy atom. The second-order valence-electron chi connectivity index (χ2n) is 5.84. The fourth-order valence-corrected chi connectivity index (χ4v) is 2.51. The molecule has 6 nitrogen and oxygen atoms in total. The Balaban J connectivity index is 1.86. The van der Waals surface area contributed by atoms with Gasteiger partial charge in [-0.2, -0.15) is 15.2 Å². The number of hydrogen-bond donors (Lipinski definition) is 1. The molecule has 1 heterocycles. The molecule has 0 atom stereocenters. The van der Waals surface area contributed by atoms with Crippen LogP contribution in [0.5, 0.6) is 5.75 Å². The summed E-state index contributed by atoms with van der Waals surface area (Å²) in [6, 6.07) is 13.2. The van der Waals surface area contributed by atoms with Gasteiger partial charge >= 0.3 is 5.91 Å².